The minimum Gasteiger partial charge on any atom is -0.457 e. The molecule has 0 aromatic heterocycles. The minimum atomic E-state index is -4.66. The average molecular weight is 823 g/mol. The van der Waals surface area contributed by atoms with Crippen molar-refractivity contribution in [3.8, 4) is 0 Å². The molecule has 0 aliphatic heterocycles. The Bertz CT molecular complexity index is 1180. The highest BCUT2D eigenvalue weighted by Gasteiger charge is 2.27. The molecule has 3 atom stereocenters. The molecule has 0 saturated heterocycles. The standard InChI is InChI=1S/C46H79O10P/c1-3-5-7-9-11-13-15-17-19-20-21-22-24-26-28-30-32-34-36-38-46(50)56-44(40-48)42-54-57(51,52)53-41-43(39-47)55-45(49)37-35-33-31-29-27-25-23-18-16-14-12-10-8-6-4-2/h6,8,12,14,17-19,23,27,29,33,35,43-44,47-48H,3-5,7,9-11,13,15-16,20-22,24-26,28,30-32,34,36-42H2,1-2H3,(H,51,52)/b8-6-,14-12-,19-17-,23-18-,29-27-,35-33-. The maximum absolute atomic E-state index is 12.4. The molecule has 0 aromatic carbocycles. The fraction of sp³-hybridized carbons (Fsp3) is 0.696. The van der Waals surface area contributed by atoms with Crippen molar-refractivity contribution in [1.82, 2.24) is 0 Å². The number of hydrogen-bond acceptors (Lipinski definition) is 9. The third-order valence-corrected chi connectivity index (χ3v) is 9.89. The number of unbranched alkanes of at least 4 members (excludes halogenated alkanes) is 15. The number of rotatable bonds is 40. The molecule has 0 heterocycles. The van der Waals surface area contributed by atoms with Crippen LogP contribution in [0.1, 0.15) is 168 Å². The van der Waals surface area contributed by atoms with E-state index in [9.17, 15) is 29.3 Å². The highest BCUT2D eigenvalue weighted by atomic mass is 31.2. The second-order valence-electron chi connectivity index (χ2n) is 14.3. The van der Waals surface area contributed by atoms with Gasteiger partial charge in [0.2, 0.25) is 0 Å². The van der Waals surface area contributed by atoms with Gasteiger partial charge in [0.15, 0.2) is 0 Å². The quantitative estimate of drug-likeness (QED) is 0.0236. The third kappa shape index (κ3) is 40.0. The van der Waals surface area contributed by atoms with Crippen molar-refractivity contribution in [3.05, 3.63) is 72.9 Å². The van der Waals surface area contributed by atoms with Crippen LogP contribution in [0.5, 0.6) is 0 Å². The van der Waals surface area contributed by atoms with Crippen LogP contribution in [0, 0.1) is 0 Å². The molecule has 11 heteroatoms. The summed E-state index contributed by atoms with van der Waals surface area (Å²) in [7, 11) is -4.66. The molecule has 0 rings (SSSR count). The molecule has 0 aromatic rings. The van der Waals surface area contributed by atoms with E-state index in [1.807, 2.05) is 18.2 Å². The second kappa shape index (κ2) is 41.6. The number of aliphatic hydroxyl groups is 2. The number of allylic oxidation sites excluding steroid dienone is 11. The summed E-state index contributed by atoms with van der Waals surface area (Å²) in [6.45, 7) is 1.97. The van der Waals surface area contributed by atoms with Crippen molar-refractivity contribution < 1.29 is 47.8 Å². The second-order valence-corrected chi connectivity index (χ2v) is 15.8. The third-order valence-electron chi connectivity index (χ3n) is 8.94. The molecule has 3 N–H and O–H groups in total. The normalized spacial score (nSPS) is 14.5. The van der Waals surface area contributed by atoms with Gasteiger partial charge in [-0.3, -0.25) is 18.6 Å². The van der Waals surface area contributed by atoms with Crippen LogP contribution in [0.3, 0.4) is 0 Å². The van der Waals surface area contributed by atoms with Gasteiger partial charge < -0.3 is 24.6 Å². The smallest absolute Gasteiger partial charge is 0.457 e. The minimum absolute atomic E-state index is 0.0429. The summed E-state index contributed by atoms with van der Waals surface area (Å²) in [6.07, 6.45) is 47.6. The zero-order valence-electron chi connectivity index (χ0n) is 35.5. The summed E-state index contributed by atoms with van der Waals surface area (Å²) in [4.78, 5) is 34.4. The zero-order valence-corrected chi connectivity index (χ0v) is 36.4. The van der Waals surface area contributed by atoms with Gasteiger partial charge in [0, 0.05) is 6.42 Å². The van der Waals surface area contributed by atoms with Crippen LogP contribution in [0.2, 0.25) is 0 Å². The maximum atomic E-state index is 12.4. The summed E-state index contributed by atoms with van der Waals surface area (Å²) < 4.78 is 32.4. The molecule has 57 heavy (non-hydrogen) atoms. The zero-order chi connectivity index (χ0) is 41.9. The van der Waals surface area contributed by atoms with Gasteiger partial charge in [0.25, 0.3) is 0 Å². The average Bonchev–Trinajstić information content (AvgIpc) is 3.20. The lowest BCUT2D eigenvalue weighted by atomic mass is 10.1. The van der Waals surface area contributed by atoms with Crippen LogP contribution in [-0.4, -0.2) is 65.7 Å². The molecular formula is C46H79O10P. The van der Waals surface area contributed by atoms with Crippen molar-refractivity contribution >= 4 is 19.8 Å². The molecule has 0 fully saturated rings. The molecule has 0 spiro atoms. The fourth-order valence-corrected chi connectivity index (χ4v) is 6.38. The van der Waals surface area contributed by atoms with Crippen LogP contribution in [0.25, 0.3) is 0 Å². The lowest BCUT2D eigenvalue weighted by molar-refractivity contribution is -0.153. The Morgan fingerprint density at radius 3 is 1.33 bits per heavy atom. The van der Waals surface area contributed by atoms with E-state index in [1.165, 1.54) is 83.5 Å². The predicted molar refractivity (Wildman–Crippen MR) is 233 cm³/mol. The number of esters is 2. The summed E-state index contributed by atoms with van der Waals surface area (Å²) in [6, 6.07) is 0. The molecule has 0 bridgehead atoms. The van der Waals surface area contributed by atoms with E-state index in [1.54, 1.807) is 6.08 Å². The Morgan fingerprint density at radius 2 is 0.895 bits per heavy atom. The van der Waals surface area contributed by atoms with Gasteiger partial charge in [0.1, 0.15) is 12.2 Å². The Kier molecular flexibility index (Phi) is 39.7. The molecule has 0 saturated carbocycles. The lowest BCUT2D eigenvalue weighted by Crippen LogP contribution is -2.28. The van der Waals surface area contributed by atoms with Crippen molar-refractivity contribution in [1.29, 1.82) is 0 Å². The van der Waals surface area contributed by atoms with E-state index in [4.69, 9.17) is 18.5 Å². The van der Waals surface area contributed by atoms with Gasteiger partial charge in [0.05, 0.1) is 32.8 Å². The number of carbonyl (C=O) groups is 2. The Hall–Kier alpha value is -2.59. The van der Waals surface area contributed by atoms with Crippen LogP contribution < -0.4 is 0 Å². The van der Waals surface area contributed by atoms with Crippen molar-refractivity contribution in [3.63, 3.8) is 0 Å². The number of phosphoric acid groups is 1. The summed E-state index contributed by atoms with van der Waals surface area (Å²) in [5.74, 6) is -1.16. The van der Waals surface area contributed by atoms with Gasteiger partial charge in [-0.15, -0.1) is 0 Å². The van der Waals surface area contributed by atoms with Gasteiger partial charge in [-0.1, -0.05) is 164 Å². The Balaban J connectivity index is 4.01. The maximum Gasteiger partial charge on any atom is 0.472 e. The van der Waals surface area contributed by atoms with E-state index >= 15 is 0 Å². The van der Waals surface area contributed by atoms with Gasteiger partial charge in [-0.05, 0) is 64.2 Å². The fourth-order valence-electron chi connectivity index (χ4n) is 5.60. The first-order chi connectivity index (χ1) is 27.8. The summed E-state index contributed by atoms with van der Waals surface area (Å²) in [5.41, 5.74) is 0. The van der Waals surface area contributed by atoms with Gasteiger partial charge in [-0.25, -0.2) is 4.57 Å². The Labute approximate surface area is 346 Å². The first-order valence-corrected chi connectivity index (χ1v) is 23.4. The molecule has 10 nitrogen and oxygen atoms in total. The highest BCUT2D eigenvalue weighted by molar-refractivity contribution is 7.47. The van der Waals surface area contributed by atoms with Gasteiger partial charge >= 0.3 is 19.8 Å². The number of ether oxygens (including phenoxy) is 2. The lowest BCUT2D eigenvalue weighted by Gasteiger charge is -2.20. The molecule has 0 aliphatic carbocycles. The SMILES string of the molecule is CC/C=C\C/C=C\C/C=C\C/C=C\C/C=C\CC(=O)OC(CO)COP(=O)(O)OCC(CO)OC(=O)CCCCCCCCCCC/C=C\CCCCCCCC. The molecule has 328 valence electrons. The molecular weight excluding hydrogens is 743 g/mol. The van der Waals surface area contributed by atoms with E-state index < -0.39 is 58.4 Å². The molecule has 0 amide bonds. The van der Waals surface area contributed by atoms with Crippen molar-refractivity contribution in [2.45, 2.75) is 180 Å². The Morgan fingerprint density at radius 1 is 0.509 bits per heavy atom. The monoisotopic (exact) mass is 823 g/mol. The van der Waals surface area contributed by atoms with E-state index in [0.29, 0.717) is 12.8 Å². The molecule has 0 radical (unpaired) electrons. The molecule has 0 aliphatic rings. The highest BCUT2D eigenvalue weighted by Crippen LogP contribution is 2.43. The first-order valence-electron chi connectivity index (χ1n) is 21.9. The van der Waals surface area contributed by atoms with Crippen LogP contribution in [0.15, 0.2) is 72.9 Å². The topological polar surface area (TPSA) is 149 Å². The van der Waals surface area contributed by atoms with E-state index in [-0.39, 0.29) is 12.8 Å². The van der Waals surface area contributed by atoms with E-state index in [2.05, 4.69) is 62.5 Å². The predicted octanol–water partition coefficient (Wildman–Crippen LogP) is 11.7. The van der Waals surface area contributed by atoms with Crippen molar-refractivity contribution in [2.75, 3.05) is 26.4 Å². The van der Waals surface area contributed by atoms with Crippen LogP contribution in [0.4, 0.5) is 0 Å². The summed E-state index contributed by atoms with van der Waals surface area (Å²) in [5, 5.41) is 19.1. The van der Waals surface area contributed by atoms with Gasteiger partial charge in [-0.2, -0.15) is 0 Å². The van der Waals surface area contributed by atoms with Crippen LogP contribution in [-0.2, 0) is 32.7 Å². The first kappa shape index (κ1) is 54.4. The number of aliphatic hydroxyl groups excluding tert-OH is 2. The number of hydrogen-bond donors (Lipinski definition) is 3. The van der Waals surface area contributed by atoms with Crippen molar-refractivity contribution in [2.24, 2.45) is 0 Å². The number of phosphoric ester groups is 1. The van der Waals surface area contributed by atoms with Crippen LogP contribution >= 0.6 is 7.82 Å². The summed E-state index contributed by atoms with van der Waals surface area (Å²) >= 11 is 0. The van der Waals surface area contributed by atoms with E-state index in [0.717, 1.165) is 44.9 Å². The number of carbonyl (C=O) groups excluding carboxylic acids is 2. The molecule has 3 unspecified atom stereocenters. The largest absolute Gasteiger partial charge is 0.472 e.